The summed E-state index contributed by atoms with van der Waals surface area (Å²) in [6.07, 6.45) is 15.9. The topological polar surface area (TPSA) is 15.3 Å². The average Bonchev–Trinajstić information content (AvgIpc) is 2.49. The first-order chi connectivity index (χ1) is 9.86. The van der Waals surface area contributed by atoms with Gasteiger partial charge in [-0.2, -0.15) is 0 Å². The molecule has 3 aliphatic rings. The molecule has 0 spiro atoms. The van der Waals surface area contributed by atoms with E-state index in [2.05, 4.69) is 17.1 Å². The number of rotatable bonds is 4. The maximum Gasteiger partial charge on any atom is 0.0197 e. The molecule has 0 aromatic carbocycles. The summed E-state index contributed by atoms with van der Waals surface area (Å²) in [5.74, 6) is 1.01. The van der Waals surface area contributed by atoms with Gasteiger partial charge in [0.15, 0.2) is 0 Å². The molecule has 0 aromatic rings. The van der Waals surface area contributed by atoms with Crippen LogP contribution in [0.2, 0.25) is 0 Å². The van der Waals surface area contributed by atoms with Gasteiger partial charge in [0, 0.05) is 24.7 Å². The first kappa shape index (κ1) is 14.8. The molecular weight excluding hydrogens is 244 g/mol. The van der Waals surface area contributed by atoms with Gasteiger partial charge in [-0.3, -0.25) is 4.90 Å². The van der Waals surface area contributed by atoms with E-state index in [0.29, 0.717) is 0 Å². The zero-order valence-corrected chi connectivity index (χ0v) is 13.4. The van der Waals surface area contributed by atoms with E-state index >= 15 is 0 Å². The van der Waals surface area contributed by atoms with Crippen molar-refractivity contribution < 1.29 is 0 Å². The minimum Gasteiger partial charge on any atom is -0.310 e. The summed E-state index contributed by atoms with van der Waals surface area (Å²) in [4.78, 5) is 2.83. The third-order valence-corrected chi connectivity index (χ3v) is 6.07. The van der Waals surface area contributed by atoms with Crippen molar-refractivity contribution in [2.45, 2.75) is 95.7 Å². The maximum atomic E-state index is 4.02. The molecule has 1 saturated carbocycles. The molecule has 1 aliphatic carbocycles. The molecule has 2 saturated heterocycles. The second-order valence-corrected chi connectivity index (χ2v) is 7.53. The van der Waals surface area contributed by atoms with E-state index in [4.69, 9.17) is 0 Å². The van der Waals surface area contributed by atoms with E-state index in [1.165, 1.54) is 83.7 Å². The zero-order valence-electron chi connectivity index (χ0n) is 13.4. The fraction of sp³-hybridized carbons (Fsp3) is 1.00. The Hall–Kier alpha value is -0.0800. The lowest BCUT2D eigenvalue weighted by Gasteiger charge is -2.44. The van der Waals surface area contributed by atoms with E-state index in [9.17, 15) is 0 Å². The number of hydrogen-bond donors (Lipinski definition) is 1. The average molecular weight is 278 g/mol. The Morgan fingerprint density at radius 3 is 2.70 bits per heavy atom. The lowest BCUT2D eigenvalue weighted by molar-refractivity contribution is 0.0952. The Bertz CT molecular complexity index is 289. The van der Waals surface area contributed by atoms with Crippen LogP contribution in [0.3, 0.4) is 0 Å². The van der Waals surface area contributed by atoms with Gasteiger partial charge in [-0.05, 0) is 57.4 Å². The third-order valence-electron chi connectivity index (χ3n) is 6.07. The minimum atomic E-state index is 0.784. The van der Waals surface area contributed by atoms with Crippen molar-refractivity contribution in [2.75, 3.05) is 13.1 Å². The molecule has 0 amide bonds. The summed E-state index contributed by atoms with van der Waals surface area (Å²) in [7, 11) is 0. The molecule has 116 valence electrons. The molecule has 2 heteroatoms. The van der Waals surface area contributed by atoms with Gasteiger partial charge in [0.25, 0.3) is 0 Å². The van der Waals surface area contributed by atoms with Crippen molar-refractivity contribution in [2.24, 2.45) is 5.92 Å². The smallest absolute Gasteiger partial charge is 0.0197 e. The highest BCUT2D eigenvalue weighted by Gasteiger charge is 2.33. The van der Waals surface area contributed by atoms with Crippen LogP contribution in [-0.4, -0.2) is 36.1 Å². The van der Waals surface area contributed by atoms with E-state index in [1.807, 2.05) is 0 Å². The minimum absolute atomic E-state index is 0.784. The molecule has 0 bridgehead atoms. The van der Waals surface area contributed by atoms with Crippen LogP contribution in [0.25, 0.3) is 0 Å². The lowest BCUT2D eigenvalue weighted by atomic mass is 9.77. The van der Waals surface area contributed by atoms with Crippen molar-refractivity contribution in [3.63, 3.8) is 0 Å². The Morgan fingerprint density at radius 2 is 1.80 bits per heavy atom. The van der Waals surface area contributed by atoms with E-state index < -0.39 is 0 Å². The highest BCUT2D eigenvalue weighted by molar-refractivity contribution is 4.91. The second-order valence-electron chi connectivity index (χ2n) is 7.53. The van der Waals surface area contributed by atoms with Crippen LogP contribution in [0.15, 0.2) is 0 Å². The number of likely N-dealkylation sites (tertiary alicyclic amines) is 1. The van der Waals surface area contributed by atoms with Crippen LogP contribution in [0, 0.1) is 5.92 Å². The molecule has 20 heavy (non-hydrogen) atoms. The van der Waals surface area contributed by atoms with Gasteiger partial charge in [0.05, 0.1) is 0 Å². The molecule has 0 radical (unpaired) electrons. The predicted octanol–water partition coefficient (Wildman–Crippen LogP) is 3.95. The van der Waals surface area contributed by atoms with Crippen LogP contribution in [0.5, 0.6) is 0 Å². The second kappa shape index (κ2) is 7.26. The van der Waals surface area contributed by atoms with E-state index in [1.54, 1.807) is 0 Å². The fourth-order valence-corrected chi connectivity index (χ4v) is 4.96. The van der Waals surface area contributed by atoms with Crippen LogP contribution in [0.1, 0.15) is 77.6 Å². The molecule has 1 N–H and O–H groups in total. The summed E-state index contributed by atoms with van der Waals surface area (Å²) in [5, 5.41) is 4.02. The zero-order chi connectivity index (χ0) is 13.8. The molecule has 2 nitrogen and oxygen atoms in total. The van der Waals surface area contributed by atoms with Crippen LogP contribution in [0.4, 0.5) is 0 Å². The largest absolute Gasteiger partial charge is 0.310 e. The lowest BCUT2D eigenvalue weighted by Crippen LogP contribution is -2.54. The van der Waals surface area contributed by atoms with Crippen molar-refractivity contribution in [3.05, 3.63) is 0 Å². The van der Waals surface area contributed by atoms with Gasteiger partial charge < -0.3 is 5.32 Å². The predicted molar refractivity (Wildman–Crippen MR) is 86.0 cm³/mol. The number of fused-ring (bicyclic) bond motifs is 1. The van der Waals surface area contributed by atoms with Crippen molar-refractivity contribution in [3.8, 4) is 0 Å². The van der Waals surface area contributed by atoms with E-state index in [-0.39, 0.29) is 0 Å². The summed E-state index contributed by atoms with van der Waals surface area (Å²) < 4.78 is 0. The molecule has 3 fully saturated rings. The van der Waals surface area contributed by atoms with Gasteiger partial charge in [-0.1, -0.05) is 32.6 Å². The Balaban J connectivity index is 1.51. The molecule has 3 rings (SSSR count). The SMILES string of the molecule is CCCC1CCCCN1CC1CCC2CCCCC2N1. The molecule has 2 heterocycles. The van der Waals surface area contributed by atoms with Crippen molar-refractivity contribution >= 4 is 0 Å². The van der Waals surface area contributed by atoms with Gasteiger partial charge in [0.1, 0.15) is 0 Å². The molecule has 4 atom stereocenters. The maximum absolute atomic E-state index is 4.02. The molecule has 4 unspecified atom stereocenters. The monoisotopic (exact) mass is 278 g/mol. The summed E-state index contributed by atoms with van der Waals surface area (Å²) >= 11 is 0. The Labute approximate surface area is 125 Å². The van der Waals surface area contributed by atoms with Gasteiger partial charge >= 0.3 is 0 Å². The van der Waals surface area contributed by atoms with Crippen LogP contribution in [-0.2, 0) is 0 Å². The van der Waals surface area contributed by atoms with Crippen LogP contribution >= 0.6 is 0 Å². The van der Waals surface area contributed by atoms with Gasteiger partial charge in [-0.15, -0.1) is 0 Å². The fourth-order valence-electron chi connectivity index (χ4n) is 4.96. The highest BCUT2D eigenvalue weighted by Crippen LogP contribution is 2.33. The normalized spacial score (nSPS) is 39.5. The first-order valence-electron chi connectivity index (χ1n) is 9.37. The quantitative estimate of drug-likeness (QED) is 0.837. The molecular formula is C18H34N2. The number of nitrogens with one attached hydrogen (secondary N) is 1. The number of nitrogens with zero attached hydrogens (tertiary/aromatic N) is 1. The Kier molecular flexibility index (Phi) is 5.39. The number of hydrogen-bond acceptors (Lipinski definition) is 2. The summed E-state index contributed by atoms with van der Waals surface area (Å²) in [6, 6.07) is 2.53. The summed E-state index contributed by atoms with van der Waals surface area (Å²) in [5.41, 5.74) is 0. The van der Waals surface area contributed by atoms with Gasteiger partial charge in [0.2, 0.25) is 0 Å². The van der Waals surface area contributed by atoms with Crippen molar-refractivity contribution in [1.29, 1.82) is 0 Å². The third kappa shape index (κ3) is 3.57. The molecule has 2 aliphatic heterocycles. The number of piperidine rings is 2. The van der Waals surface area contributed by atoms with Gasteiger partial charge in [-0.25, -0.2) is 0 Å². The summed E-state index contributed by atoms with van der Waals surface area (Å²) in [6.45, 7) is 5.03. The van der Waals surface area contributed by atoms with E-state index in [0.717, 1.165) is 24.0 Å². The Morgan fingerprint density at radius 1 is 0.950 bits per heavy atom. The highest BCUT2D eigenvalue weighted by atomic mass is 15.2. The van der Waals surface area contributed by atoms with Crippen LogP contribution < -0.4 is 5.32 Å². The molecule has 0 aromatic heterocycles. The standard InChI is InChI=1S/C18H34N2/c1-2-7-17-9-5-6-13-20(17)14-16-12-11-15-8-3-4-10-18(15)19-16/h15-19H,2-14H2,1H3. The van der Waals surface area contributed by atoms with Crippen molar-refractivity contribution in [1.82, 2.24) is 10.2 Å². The first-order valence-corrected chi connectivity index (χ1v) is 9.37.